The molecule has 3 unspecified atom stereocenters. The fourth-order valence-electron chi connectivity index (χ4n) is 2.40. The summed E-state index contributed by atoms with van der Waals surface area (Å²) < 4.78 is 0. The van der Waals surface area contributed by atoms with Crippen LogP contribution >= 0.6 is 0 Å². The Labute approximate surface area is 127 Å². The van der Waals surface area contributed by atoms with Gasteiger partial charge in [-0.05, 0) is 36.4 Å². The normalized spacial score (nSPS) is 15.4. The SMILES string of the molecule is CCNC(CCC(=O)O)C(O)c1ccc(C(C)CC)cc1. The number of aliphatic hydroxyl groups is 1. The number of benzene rings is 1. The maximum absolute atomic E-state index is 10.7. The summed E-state index contributed by atoms with van der Waals surface area (Å²) >= 11 is 0. The summed E-state index contributed by atoms with van der Waals surface area (Å²) in [5.74, 6) is -0.329. The van der Waals surface area contributed by atoms with Crippen molar-refractivity contribution < 1.29 is 15.0 Å². The highest BCUT2D eigenvalue weighted by atomic mass is 16.4. The van der Waals surface area contributed by atoms with Gasteiger partial charge in [0.25, 0.3) is 0 Å². The first-order chi connectivity index (χ1) is 9.99. The summed E-state index contributed by atoms with van der Waals surface area (Å²) in [6.45, 7) is 6.99. The van der Waals surface area contributed by atoms with E-state index >= 15 is 0 Å². The lowest BCUT2D eigenvalue weighted by Gasteiger charge is -2.24. The Morgan fingerprint density at radius 3 is 2.24 bits per heavy atom. The van der Waals surface area contributed by atoms with Gasteiger partial charge in [0.05, 0.1) is 6.10 Å². The zero-order valence-corrected chi connectivity index (χ0v) is 13.2. The van der Waals surface area contributed by atoms with Crippen molar-refractivity contribution >= 4 is 5.97 Å². The van der Waals surface area contributed by atoms with Crippen molar-refractivity contribution in [2.24, 2.45) is 0 Å². The Morgan fingerprint density at radius 2 is 1.76 bits per heavy atom. The van der Waals surface area contributed by atoms with Gasteiger partial charge in [0, 0.05) is 12.5 Å². The molecule has 4 heteroatoms. The molecule has 0 fully saturated rings. The number of aliphatic carboxylic acids is 1. The van der Waals surface area contributed by atoms with Crippen molar-refractivity contribution in [1.82, 2.24) is 5.32 Å². The highest BCUT2D eigenvalue weighted by Gasteiger charge is 2.21. The molecule has 1 aromatic rings. The van der Waals surface area contributed by atoms with E-state index < -0.39 is 12.1 Å². The third-order valence-corrected chi connectivity index (χ3v) is 3.98. The Balaban J connectivity index is 2.77. The number of hydrogen-bond acceptors (Lipinski definition) is 3. The summed E-state index contributed by atoms with van der Waals surface area (Å²) in [7, 11) is 0. The van der Waals surface area contributed by atoms with Crippen LogP contribution in [0, 0.1) is 0 Å². The summed E-state index contributed by atoms with van der Waals surface area (Å²) in [6, 6.07) is 7.74. The van der Waals surface area contributed by atoms with Gasteiger partial charge in [-0.15, -0.1) is 0 Å². The van der Waals surface area contributed by atoms with Crippen LogP contribution < -0.4 is 5.32 Å². The van der Waals surface area contributed by atoms with Crippen LogP contribution in [0.4, 0.5) is 0 Å². The van der Waals surface area contributed by atoms with Crippen molar-refractivity contribution in [1.29, 1.82) is 0 Å². The van der Waals surface area contributed by atoms with Crippen molar-refractivity contribution in [2.45, 2.75) is 58.1 Å². The molecule has 0 amide bonds. The zero-order valence-electron chi connectivity index (χ0n) is 13.2. The Bertz CT molecular complexity index is 430. The standard InChI is InChI=1S/C17H27NO3/c1-4-12(3)13-6-8-14(9-7-13)17(21)15(18-5-2)10-11-16(19)20/h6-9,12,15,17-18,21H,4-5,10-11H2,1-3H3,(H,19,20). The van der Waals surface area contributed by atoms with E-state index in [9.17, 15) is 9.90 Å². The van der Waals surface area contributed by atoms with Gasteiger partial charge in [-0.1, -0.05) is 45.0 Å². The molecule has 0 aliphatic rings. The number of nitrogens with one attached hydrogen (secondary N) is 1. The maximum atomic E-state index is 10.7. The number of likely N-dealkylation sites (N-methyl/N-ethyl adjacent to an activating group) is 1. The molecular weight excluding hydrogens is 266 g/mol. The predicted octanol–water partition coefficient (Wildman–Crippen LogP) is 3.08. The van der Waals surface area contributed by atoms with E-state index in [1.807, 2.05) is 31.2 Å². The number of aliphatic hydroxyl groups excluding tert-OH is 1. The third-order valence-electron chi connectivity index (χ3n) is 3.98. The molecule has 118 valence electrons. The van der Waals surface area contributed by atoms with Gasteiger partial charge in [-0.2, -0.15) is 0 Å². The van der Waals surface area contributed by atoms with Crippen molar-refractivity contribution in [3.8, 4) is 0 Å². The van der Waals surface area contributed by atoms with E-state index in [1.165, 1.54) is 5.56 Å². The van der Waals surface area contributed by atoms with E-state index in [0.29, 0.717) is 18.9 Å². The van der Waals surface area contributed by atoms with Crippen LogP contribution in [0.5, 0.6) is 0 Å². The lowest BCUT2D eigenvalue weighted by molar-refractivity contribution is -0.137. The molecule has 21 heavy (non-hydrogen) atoms. The molecule has 0 aliphatic heterocycles. The molecule has 3 atom stereocenters. The first-order valence-electron chi connectivity index (χ1n) is 7.72. The molecule has 0 heterocycles. The van der Waals surface area contributed by atoms with Gasteiger partial charge in [0.15, 0.2) is 0 Å². The highest BCUT2D eigenvalue weighted by Crippen LogP contribution is 2.24. The Morgan fingerprint density at radius 1 is 1.19 bits per heavy atom. The van der Waals surface area contributed by atoms with Gasteiger partial charge in [0.1, 0.15) is 0 Å². The molecule has 4 nitrogen and oxygen atoms in total. The second kappa shape index (κ2) is 8.80. The van der Waals surface area contributed by atoms with Crippen molar-refractivity contribution in [3.05, 3.63) is 35.4 Å². The number of carboxylic acids is 1. The molecule has 1 rings (SSSR count). The summed E-state index contributed by atoms with van der Waals surface area (Å²) in [5.41, 5.74) is 2.09. The minimum absolute atomic E-state index is 0.0552. The van der Waals surface area contributed by atoms with Gasteiger partial charge in [0.2, 0.25) is 0 Å². The van der Waals surface area contributed by atoms with E-state index in [1.54, 1.807) is 0 Å². The quantitative estimate of drug-likeness (QED) is 0.654. The largest absolute Gasteiger partial charge is 0.481 e. The predicted molar refractivity (Wildman–Crippen MR) is 84.4 cm³/mol. The summed E-state index contributed by atoms with van der Waals surface area (Å²) in [4.78, 5) is 10.7. The second-order valence-electron chi connectivity index (χ2n) is 5.52. The number of rotatable bonds is 9. The molecule has 1 aromatic carbocycles. The monoisotopic (exact) mass is 293 g/mol. The average molecular weight is 293 g/mol. The van der Waals surface area contributed by atoms with Crippen LogP contribution in [0.3, 0.4) is 0 Å². The fourth-order valence-corrected chi connectivity index (χ4v) is 2.40. The molecule has 0 aromatic heterocycles. The molecule has 0 bridgehead atoms. The van der Waals surface area contributed by atoms with Crippen LogP contribution in [0.1, 0.15) is 63.2 Å². The van der Waals surface area contributed by atoms with Crippen LogP contribution in [0.2, 0.25) is 0 Å². The first kappa shape index (κ1) is 17.7. The van der Waals surface area contributed by atoms with Gasteiger partial charge in [-0.3, -0.25) is 4.79 Å². The highest BCUT2D eigenvalue weighted by molar-refractivity contribution is 5.66. The van der Waals surface area contributed by atoms with Gasteiger partial charge >= 0.3 is 5.97 Å². The minimum Gasteiger partial charge on any atom is -0.481 e. The topological polar surface area (TPSA) is 69.6 Å². The van der Waals surface area contributed by atoms with Crippen LogP contribution in [-0.4, -0.2) is 28.8 Å². The smallest absolute Gasteiger partial charge is 0.303 e. The second-order valence-corrected chi connectivity index (χ2v) is 5.52. The van der Waals surface area contributed by atoms with Crippen LogP contribution in [0.25, 0.3) is 0 Å². The molecule has 0 radical (unpaired) electrons. The number of carbonyl (C=O) groups is 1. The van der Waals surface area contributed by atoms with E-state index in [2.05, 4.69) is 19.2 Å². The Hall–Kier alpha value is -1.39. The molecule has 0 saturated heterocycles. The zero-order chi connectivity index (χ0) is 15.8. The fraction of sp³-hybridized carbons (Fsp3) is 0.588. The van der Waals surface area contributed by atoms with E-state index in [-0.39, 0.29) is 12.5 Å². The van der Waals surface area contributed by atoms with Gasteiger partial charge < -0.3 is 15.5 Å². The average Bonchev–Trinajstić information content (AvgIpc) is 2.50. The van der Waals surface area contributed by atoms with Crippen LogP contribution in [-0.2, 0) is 4.79 Å². The Kier molecular flexibility index (Phi) is 7.40. The van der Waals surface area contributed by atoms with E-state index in [0.717, 1.165) is 12.0 Å². The van der Waals surface area contributed by atoms with Crippen molar-refractivity contribution in [3.63, 3.8) is 0 Å². The molecule has 3 N–H and O–H groups in total. The number of hydrogen-bond donors (Lipinski definition) is 3. The van der Waals surface area contributed by atoms with Gasteiger partial charge in [-0.25, -0.2) is 0 Å². The maximum Gasteiger partial charge on any atom is 0.303 e. The molecule has 0 spiro atoms. The van der Waals surface area contributed by atoms with Crippen LogP contribution in [0.15, 0.2) is 24.3 Å². The third kappa shape index (κ3) is 5.48. The molecular formula is C17H27NO3. The molecule has 0 aliphatic carbocycles. The molecule has 0 saturated carbocycles. The summed E-state index contributed by atoms with van der Waals surface area (Å²) in [5, 5.41) is 22.4. The lowest BCUT2D eigenvalue weighted by Crippen LogP contribution is -2.35. The van der Waals surface area contributed by atoms with Crippen molar-refractivity contribution in [2.75, 3.05) is 6.54 Å². The number of carboxylic acid groups (broad SMARTS) is 1. The van der Waals surface area contributed by atoms with E-state index in [4.69, 9.17) is 5.11 Å². The first-order valence-corrected chi connectivity index (χ1v) is 7.72. The summed E-state index contributed by atoms with van der Waals surface area (Å²) in [6.07, 6.45) is 0.868. The minimum atomic E-state index is -0.836. The lowest BCUT2D eigenvalue weighted by atomic mass is 9.93.